The molecule has 0 fully saturated rings. The SMILES string of the molecule is CNCCCC1Cc2ccccc2N(c2ccccn2)S1(O)O. The van der Waals surface area contributed by atoms with Crippen molar-refractivity contribution in [3.63, 3.8) is 0 Å². The zero-order valence-corrected chi connectivity index (χ0v) is 14.0. The molecule has 1 aromatic carbocycles. The number of fused-ring (bicyclic) bond motifs is 1. The van der Waals surface area contributed by atoms with Crippen molar-refractivity contribution in [3.05, 3.63) is 54.2 Å². The predicted molar refractivity (Wildman–Crippen MR) is 96.3 cm³/mol. The van der Waals surface area contributed by atoms with Gasteiger partial charge in [0.05, 0.1) is 10.9 Å². The van der Waals surface area contributed by atoms with Crippen LogP contribution in [0.3, 0.4) is 0 Å². The second kappa shape index (κ2) is 6.88. The predicted octanol–water partition coefficient (Wildman–Crippen LogP) is 3.81. The van der Waals surface area contributed by atoms with E-state index in [0.29, 0.717) is 12.2 Å². The van der Waals surface area contributed by atoms with Crippen LogP contribution in [0.2, 0.25) is 0 Å². The zero-order chi connectivity index (χ0) is 16.3. The molecule has 23 heavy (non-hydrogen) atoms. The first-order valence-corrected chi connectivity index (χ1v) is 9.42. The van der Waals surface area contributed by atoms with Gasteiger partial charge in [-0.25, -0.2) is 9.29 Å². The first kappa shape index (κ1) is 16.3. The topological polar surface area (TPSA) is 68.6 Å². The van der Waals surface area contributed by atoms with Crippen molar-refractivity contribution in [2.75, 3.05) is 17.9 Å². The van der Waals surface area contributed by atoms with Crippen molar-refractivity contribution in [2.45, 2.75) is 24.5 Å². The summed E-state index contributed by atoms with van der Waals surface area (Å²) >= 11 is 0. The van der Waals surface area contributed by atoms with Crippen LogP contribution < -0.4 is 9.62 Å². The zero-order valence-electron chi connectivity index (χ0n) is 13.2. The molecule has 6 heteroatoms. The van der Waals surface area contributed by atoms with Crippen molar-refractivity contribution in [1.82, 2.24) is 10.3 Å². The smallest absolute Gasteiger partial charge is 0.151 e. The van der Waals surface area contributed by atoms with Gasteiger partial charge in [0.15, 0.2) is 5.82 Å². The molecule has 3 rings (SSSR count). The molecule has 0 spiro atoms. The highest BCUT2D eigenvalue weighted by atomic mass is 32.3. The summed E-state index contributed by atoms with van der Waals surface area (Å²) in [6.45, 7) is 0.872. The van der Waals surface area contributed by atoms with Crippen molar-refractivity contribution in [3.8, 4) is 0 Å². The molecular weight excluding hydrogens is 310 g/mol. The fourth-order valence-corrected chi connectivity index (χ4v) is 5.07. The van der Waals surface area contributed by atoms with E-state index >= 15 is 0 Å². The lowest BCUT2D eigenvalue weighted by Gasteiger charge is -2.52. The number of hydrogen-bond acceptors (Lipinski definition) is 5. The number of para-hydroxylation sites is 1. The number of benzene rings is 1. The second-order valence-corrected chi connectivity index (χ2v) is 7.90. The Morgan fingerprint density at radius 2 is 2.00 bits per heavy atom. The van der Waals surface area contributed by atoms with E-state index in [0.717, 1.165) is 30.6 Å². The summed E-state index contributed by atoms with van der Waals surface area (Å²) in [4.78, 5) is 4.34. The fourth-order valence-electron chi connectivity index (χ4n) is 3.03. The molecule has 2 heterocycles. The van der Waals surface area contributed by atoms with Crippen LogP contribution in [0.4, 0.5) is 11.5 Å². The van der Waals surface area contributed by atoms with Crippen molar-refractivity contribution < 1.29 is 9.11 Å². The van der Waals surface area contributed by atoms with Crippen LogP contribution >= 0.6 is 10.8 Å². The van der Waals surface area contributed by atoms with Crippen molar-refractivity contribution in [1.29, 1.82) is 0 Å². The molecule has 0 aliphatic carbocycles. The van der Waals surface area contributed by atoms with Crippen molar-refractivity contribution in [2.24, 2.45) is 0 Å². The van der Waals surface area contributed by atoms with Crippen LogP contribution in [0.25, 0.3) is 0 Å². The minimum absolute atomic E-state index is 0.187. The van der Waals surface area contributed by atoms with Crippen LogP contribution in [0, 0.1) is 0 Å². The van der Waals surface area contributed by atoms with E-state index in [1.807, 2.05) is 43.4 Å². The highest BCUT2D eigenvalue weighted by molar-refractivity contribution is 8.26. The summed E-state index contributed by atoms with van der Waals surface area (Å²) in [5.74, 6) is 0.582. The highest BCUT2D eigenvalue weighted by Crippen LogP contribution is 2.60. The van der Waals surface area contributed by atoms with E-state index in [4.69, 9.17) is 0 Å². The molecule has 1 aliphatic heterocycles. The molecule has 124 valence electrons. The van der Waals surface area contributed by atoms with Gasteiger partial charge in [0.1, 0.15) is 0 Å². The van der Waals surface area contributed by atoms with E-state index in [9.17, 15) is 9.11 Å². The van der Waals surface area contributed by atoms with Gasteiger partial charge in [-0.2, -0.15) is 0 Å². The molecule has 1 unspecified atom stereocenters. The number of anilines is 2. The standard InChI is InChI=1S/C17H23N3O2S/c1-18-11-6-8-15-13-14-7-2-3-9-16(14)20(23(15,21)22)17-10-4-5-12-19-17/h2-5,7,9-10,12,15,18,21-22H,6,8,11,13H2,1H3. The third-order valence-electron chi connectivity index (χ3n) is 4.18. The largest absolute Gasteiger partial charge is 0.320 e. The lowest BCUT2D eigenvalue weighted by molar-refractivity contribution is 0.454. The third-order valence-corrected chi connectivity index (χ3v) is 6.40. The van der Waals surface area contributed by atoms with Gasteiger partial charge in [0.2, 0.25) is 0 Å². The van der Waals surface area contributed by atoms with E-state index in [2.05, 4.69) is 16.4 Å². The van der Waals surface area contributed by atoms with Gasteiger partial charge < -0.3 is 5.32 Å². The molecule has 3 N–H and O–H groups in total. The quantitative estimate of drug-likeness (QED) is 0.726. The Bertz CT molecular complexity index is 651. The molecule has 0 amide bonds. The molecule has 1 atom stereocenters. The molecule has 0 saturated heterocycles. The first-order chi connectivity index (χ1) is 11.1. The van der Waals surface area contributed by atoms with Gasteiger partial charge in [0.25, 0.3) is 0 Å². The lowest BCUT2D eigenvalue weighted by Crippen LogP contribution is -2.38. The van der Waals surface area contributed by atoms with Crippen LogP contribution in [0.5, 0.6) is 0 Å². The Labute approximate surface area is 138 Å². The second-order valence-electron chi connectivity index (χ2n) is 5.74. The maximum atomic E-state index is 11.0. The molecule has 0 bridgehead atoms. The van der Waals surface area contributed by atoms with E-state index in [1.165, 1.54) is 0 Å². The molecule has 0 saturated carbocycles. The molecule has 5 nitrogen and oxygen atoms in total. The number of nitrogens with one attached hydrogen (secondary N) is 1. The average molecular weight is 333 g/mol. The van der Waals surface area contributed by atoms with Gasteiger partial charge in [-0.1, -0.05) is 24.3 Å². The highest BCUT2D eigenvalue weighted by Gasteiger charge is 2.39. The van der Waals surface area contributed by atoms with Crippen LogP contribution in [-0.2, 0) is 6.42 Å². The third kappa shape index (κ3) is 3.21. The van der Waals surface area contributed by atoms with Gasteiger partial charge in [-0.05, 0) is 56.6 Å². The Morgan fingerprint density at radius 1 is 1.22 bits per heavy atom. The minimum atomic E-state index is -2.97. The molecule has 1 aromatic heterocycles. The Kier molecular flexibility index (Phi) is 4.87. The average Bonchev–Trinajstić information content (AvgIpc) is 2.56. The minimum Gasteiger partial charge on any atom is -0.320 e. The van der Waals surface area contributed by atoms with E-state index < -0.39 is 10.8 Å². The summed E-state index contributed by atoms with van der Waals surface area (Å²) < 4.78 is 23.6. The Hall–Kier alpha value is -1.60. The van der Waals surface area contributed by atoms with Crippen LogP contribution in [0.1, 0.15) is 18.4 Å². The van der Waals surface area contributed by atoms with Crippen LogP contribution in [0.15, 0.2) is 48.7 Å². The summed E-state index contributed by atoms with van der Waals surface area (Å²) in [5.41, 5.74) is 1.98. The van der Waals surface area contributed by atoms with Gasteiger partial charge in [-0.15, -0.1) is 10.8 Å². The molecule has 0 radical (unpaired) electrons. The number of rotatable bonds is 5. The van der Waals surface area contributed by atoms with Gasteiger partial charge in [0, 0.05) is 6.20 Å². The summed E-state index contributed by atoms with van der Waals surface area (Å²) in [6.07, 6.45) is 4.04. The normalized spacial score (nSPS) is 20.8. The van der Waals surface area contributed by atoms with Gasteiger partial charge >= 0.3 is 0 Å². The molecule has 1 aliphatic rings. The number of hydrogen-bond donors (Lipinski definition) is 3. The summed E-state index contributed by atoms with van der Waals surface area (Å²) in [7, 11) is -1.06. The fraction of sp³-hybridized carbons (Fsp3) is 0.353. The maximum Gasteiger partial charge on any atom is 0.151 e. The van der Waals surface area contributed by atoms with E-state index in [-0.39, 0.29) is 5.25 Å². The van der Waals surface area contributed by atoms with Gasteiger partial charge in [-0.3, -0.25) is 9.11 Å². The first-order valence-electron chi connectivity index (χ1n) is 7.85. The van der Waals surface area contributed by atoms with Crippen molar-refractivity contribution >= 4 is 22.3 Å². The number of nitrogens with zero attached hydrogens (tertiary/aromatic N) is 2. The molecular formula is C17H23N3O2S. The number of aromatic nitrogens is 1. The summed E-state index contributed by atoms with van der Waals surface area (Å²) in [6, 6.07) is 13.4. The van der Waals surface area contributed by atoms with Crippen LogP contribution in [-0.4, -0.2) is 32.9 Å². The Balaban J connectivity index is 2.00. The molecule has 2 aromatic rings. The lowest BCUT2D eigenvalue weighted by atomic mass is 10.0. The van der Waals surface area contributed by atoms with E-state index in [1.54, 1.807) is 10.5 Å². The number of pyridine rings is 1. The monoisotopic (exact) mass is 333 g/mol. The maximum absolute atomic E-state index is 11.0. The summed E-state index contributed by atoms with van der Waals surface area (Å²) in [5, 5.41) is 2.93. The Morgan fingerprint density at radius 3 is 2.74 bits per heavy atom.